The van der Waals surface area contributed by atoms with Crippen molar-refractivity contribution in [1.82, 2.24) is 25.1 Å². The maximum Gasteiger partial charge on any atom is 0.270 e. The first-order valence-corrected chi connectivity index (χ1v) is 9.88. The average Bonchev–Trinajstić information content (AvgIpc) is 2.76. The molecule has 0 unspecified atom stereocenters. The molecule has 1 aromatic carbocycles. The van der Waals surface area contributed by atoms with Gasteiger partial charge < -0.3 is 20.0 Å². The van der Waals surface area contributed by atoms with Crippen molar-refractivity contribution < 1.29 is 9.59 Å². The van der Waals surface area contributed by atoms with Crippen molar-refractivity contribution in [3.8, 4) is 11.4 Å². The molecule has 2 amide bonds. The van der Waals surface area contributed by atoms with Crippen LogP contribution in [0.2, 0.25) is 0 Å². The Hall–Kier alpha value is -3.00. The summed E-state index contributed by atoms with van der Waals surface area (Å²) in [6.07, 6.45) is 1.75. The van der Waals surface area contributed by atoms with E-state index in [-0.39, 0.29) is 5.91 Å². The van der Waals surface area contributed by atoms with Crippen molar-refractivity contribution in [2.24, 2.45) is 0 Å². The average molecular weight is 396 g/mol. The lowest BCUT2D eigenvalue weighted by molar-refractivity contribution is -0.118. The molecule has 1 aliphatic heterocycles. The van der Waals surface area contributed by atoms with Gasteiger partial charge >= 0.3 is 0 Å². The molecule has 3 rings (SSSR count). The Morgan fingerprint density at radius 1 is 1.14 bits per heavy atom. The van der Waals surface area contributed by atoms with E-state index in [9.17, 15) is 9.59 Å². The van der Waals surface area contributed by atoms with Gasteiger partial charge in [-0.05, 0) is 27.1 Å². The van der Waals surface area contributed by atoms with Crippen molar-refractivity contribution in [3.63, 3.8) is 0 Å². The number of piperazine rings is 1. The number of benzene rings is 1. The lowest BCUT2D eigenvalue weighted by Gasteiger charge is -2.33. The summed E-state index contributed by atoms with van der Waals surface area (Å²) < 4.78 is 0. The second kappa shape index (κ2) is 9.97. The summed E-state index contributed by atoms with van der Waals surface area (Å²) in [5.41, 5.74) is 1.22. The molecule has 8 nitrogen and oxygen atoms in total. The number of anilines is 1. The summed E-state index contributed by atoms with van der Waals surface area (Å²) in [4.78, 5) is 38.8. The van der Waals surface area contributed by atoms with Gasteiger partial charge in [-0.2, -0.15) is 0 Å². The molecule has 29 heavy (non-hydrogen) atoms. The summed E-state index contributed by atoms with van der Waals surface area (Å²) >= 11 is 0. The van der Waals surface area contributed by atoms with Crippen molar-refractivity contribution in [3.05, 3.63) is 42.1 Å². The van der Waals surface area contributed by atoms with Crippen LogP contribution in [0, 0.1) is 0 Å². The molecule has 1 aromatic heterocycles. The summed E-state index contributed by atoms with van der Waals surface area (Å²) in [6, 6.07) is 11.4. The maximum absolute atomic E-state index is 12.7. The highest BCUT2D eigenvalue weighted by atomic mass is 16.2. The fourth-order valence-electron chi connectivity index (χ4n) is 3.17. The Bertz CT molecular complexity index is 819. The van der Waals surface area contributed by atoms with Crippen LogP contribution in [0.5, 0.6) is 0 Å². The fraction of sp³-hybridized carbons (Fsp3) is 0.429. The topological polar surface area (TPSA) is 81.7 Å². The van der Waals surface area contributed by atoms with Crippen LogP contribution in [0.15, 0.2) is 36.4 Å². The standard InChI is InChI=1S/C21H28N6O2/c1-25(2)10-6-9-22-21(29)18-15-19(27-13-11-26(16-28)12-14-27)24-20(23-18)17-7-4-3-5-8-17/h3-5,7-8,15-16H,6,9-14H2,1-2H3,(H,22,29). The molecule has 0 atom stereocenters. The number of amides is 2. The molecule has 0 aliphatic carbocycles. The van der Waals surface area contributed by atoms with Gasteiger partial charge in [-0.25, -0.2) is 9.97 Å². The highest BCUT2D eigenvalue weighted by Crippen LogP contribution is 2.21. The molecule has 0 saturated carbocycles. The third kappa shape index (κ3) is 5.74. The molecule has 1 saturated heterocycles. The third-order valence-corrected chi connectivity index (χ3v) is 4.83. The van der Waals surface area contributed by atoms with Crippen LogP contribution in [0.4, 0.5) is 5.82 Å². The number of aromatic nitrogens is 2. The highest BCUT2D eigenvalue weighted by Gasteiger charge is 2.20. The van der Waals surface area contributed by atoms with Crippen molar-refractivity contribution >= 4 is 18.1 Å². The molecule has 2 heterocycles. The van der Waals surface area contributed by atoms with Crippen LogP contribution in [0.3, 0.4) is 0 Å². The number of hydrogen-bond donors (Lipinski definition) is 1. The monoisotopic (exact) mass is 396 g/mol. The first-order chi connectivity index (χ1) is 14.1. The number of carbonyl (C=O) groups is 2. The van der Waals surface area contributed by atoms with Gasteiger partial charge in [0.05, 0.1) is 0 Å². The molecule has 1 aliphatic rings. The van der Waals surface area contributed by atoms with Crippen LogP contribution in [-0.2, 0) is 4.79 Å². The van der Waals surface area contributed by atoms with Crippen LogP contribution < -0.4 is 10.2 Å². The van der Waals surface area contributed by atoms with Crippen LogP contribution in [0.1, 0.15) is 16.9 Å². The number of rotatable bonds is 8. The molecule has 1 N–H and O–H groups in total. The van der Waals surface area contributed by atoms with E-state index in [0.717, 1.165) is 24.9 Å². The van der Waals surface area contributed by atoms with E-state index in [1.165, 1.54) is 0 Å². The van der Waals surface area contributed by atoms with Gasteiger partial charge in [-0.3, -0.25) is 9.59 Å². The molecule has 1 fully saturated rings. The van der Waals surface area contributed by atoms with Crippen LogP contribution in [-0.4, -0.2) is 85.4 Å². The molecular weight excluding hydrogens is 368 g/mol. The van der Waals surface area contributed by atoms with Gasteiger partial charge in [0.1, 0.15) is 11.5 Å². The van der Waals surface area contributed by atoms with E-state index in [0.29, 0.717) is 50.1 Å². The Balaban J connectivity index is 1.81. The first kappa shape index (κ1) is 20.7. The van der Waals surface area contributed by atoms with Gasteiger partial charge in [0.15, 0.2) is 5.82 Å². The zero-order valence-electron chi connectivity index (χ0n) is 17.0. The van der Waals surface area contributed by atoms with Gasteiger partial charge in [0.2, 0.25) is 6.41 Å². The zero-order chi connectivity index (χ0) is 20.6. The molecule has 0 radical (unpaired) electrons. The third-order valence-electron chi connectivity index (χ3n) is 4.83. The Morgan fingerprint density at radius 3 is 2.52 bits per heavy atom. The number of nitrogens with zero attached hydrogens (tertiary/aromatic N) is 5. The number of carbonyl (C=O) groups excluding carboxylic acids is 2. The molecule has 0 bridgehead atoms. The van der Waals surface area contributed by atoms with E-state index in [1.807, 2.05) is 44.4 Å². The summed E-state index contributed by atoms with van der Waals surface area (Å²) in [6.45, 7) is 4.13. The van der Waals surface area contributed by atoms with Crippen molar-refractivity contribution in [2.75, 3.05) is 58.3 Å². The molecule has 8 heteroatoms. The van der Waals surface area contributed by atoms with E-state index in [4.69, 9.17) is 4.98 Å². The zero-order valence-corrected chi connectivity index (χ0v) is 17.0. The number of hydrogen-bond acceptors (Lipinski definition) is 6. The summed E-state index contributed by atoms with van der Waals surface area (Å²) in [7, 11) is 4.02. The largest absolute Gasteiger partial charge is 0.353 e. The molecular formula is C21H28N6O2. The lowest BCUT2D eigenvalue weighted by atomic mass is 10.2. The SMILES string of the molecule is CN(C)CCCNC(=O)c1cc(N2CCN(C=O)CC2)nc(-c2ccccc2)n1. The lowest BCUT2D eigenvalue weighted by Crippen LogP contribution is -2.46. The quantitative estimate of drug-likeness (QED) is 0.532. The molecule has 2 aromatic rings. The van der Waals surface area contributed by atoms with Crippen molar-refractivity contribution in [1.29, 1.82) is 0 Å². The molecule has 0 spiro atoms. The van der Waals surface area contributed by atoms with Crippen LogP contribution >= 0.6 is 0 Å². The van der Waals surface area contributed by atoms with E-state index in [2.05, 4.69) is 20.1 Å². The van der Waals surface area contributed by atoms with E-state index >= 15 is 0 Å². The van der Waals surface area contributed by atoms with E-state index < -0.39 is 0 Å². The minimum atomic E-state index is -0.198. The predicted octanol–water partition coefficient (Wildman–Crippen LogP) is 1.10. The fourth-order valence-corrected chi connectivity index (χ4v) is 3.17. The van der Waals surface area contributed by atoms with Gasteiger partial charge in [0, 0.05) is 44.4 Å². The Morgan fingerprint density at radius 2 is 1.86 bits per heavy atom. The predicted molar refractivity (Wildman–Crippen MR) is 113 cm³/mol. The second-order valence-electron chi connectivity index (χ2n) is 7.34. The van der Waals surface area contributed by atoms with Crippen molar-refractivity contribution in [2.45, 2.75) is 6.42 Å². The minimum absolute atomic E-state index is 0.198. The maximum atomic E-state index is 12.7. The van der Waals surface area contributed by atoms with Gasteiger partial charge in [-0.1, -0.05) is 30.3 Å². The van der Waals surface area contributed by atoms with E-state index in [1.54, 1.807) is 11.0 Å². The number of nitrogens with one attached hydrogen (secondary N) is 1. The van der Waals surface area contributed by atoms with Gasteiger partial charge in [0.25, 0.3) is 5.91 Å². The summed E-state index contributed by atoms with van der Waals surface area (Å²) in [5.74, 6) is 1.04. The van der Waals surface area contributed by atoms with Gasteiger partial charge in [-0.15, -0.1) is 0 Å². The normalized spacial score (nSPS) is 14.2. The Kier molecular flexibility index (Phi) is 7.13. The second-order valence-corrected chi connectivity index (χ2v) is 7.34. The smallest absolute Gasteiger partial charge is 0.270 e. The molecule has 154 valence electrons. The summed E-state index contributed by atoms with van der Waals surface area (Å²) in [5, 5.41) is 2.95. The van der Waals surface area contributed by atoms with Crippen LogP contribution in [0.25, 0.3) is 11.4 Å². The Labute approximate surface area is 171 Å². The highest BCUT2D eigenvalue weighted by molar-refractivity contribution is 5.93. The minimum Gasteiger partial charge on any atom is -0.353 e. The first-order valence-electron chi connectivity index (χ1n) is 9.88.